The molecule has 0 saturated heterocycles. The zero-order valence-electron chi connectivity index (χ0n) is 13.2. The third-order valence-corrected chi connectivity index (χ3v) is 3.18. The number of thiocarbonyl (C=S) groups is 1. The lowest BCUT2D eigenvalue weighted by molar-refractivity contribution is -0.115. The number of rotatable bonds is 5. The molecule has 0 aromatic heterocycles. The van der Waals surface area contributed by atoms with E-state index >= 15 is 0 Å². The van der Waals surface area contributed by atoms with Crippen molar-refractivity contribution in [1.29, 1.82) is 0 Å². The van der Waals surface area contributed by atoms with Crippen molar-refractivity contribution in [2.75, 3.05) is 11.9 Å². The highest BCUT2D eigenvalue weighted by molar-refractivity contribution is 7.80. The first-order valence-electron chi connectivity index (χ1n) is 7.39. The van der Waals surface area contributed by atoms with Crippen molar-refractivity contribution < 1.29 is 14.6 Å². The fraction of sp³-hybridized carbons (Fsp3) is 0.111. The predicted molar refractivity (Wildman–Crippen MR) is 99.1 cm³/mol. The number of aromatic hydroxyl groups is 1. The number of phenolic OH excluding ortho intramolecular Hbond substituents is 1. The minimum absolute atomic E-state index is 0.161. The summed E-state index contributed by atoms with van der Waals surface area (Å²) in [5.41, 5.74) is 1.56. The van der Waals surface area contributed by atoms with Gasteiger partial charge in [-0.3, -0.25) is 10.1 Å². The van der Waals surface area contributed by atoms with Crippen LogP contribution < -0.4 is 15.4 Å². The second-order valence-electron chi connectivity index (χ2n) is 4.83. The molecular formula is C18H18N2O3S. The second-order valence-corrected chi connectivity index (χ2v) is 5.23. The maximum atomic E-state index is 11.9. The molecule has 0 spiro atoms. The topological polar surface area (TPSA) is 70.6 Å². The predicted octanol–water partition coefficient (Wildman–Crippen LogP) is 3.32. The minimum atomic E-state index is -0.333. The van der Waals surface area contributed by atoms with E-state index in [4.69, 9.17) is 17.0 Å². The van der Waals surface area contributed by atoms with E-state index in [0.717, 1.165) is 11.3 Å². The van der Waals surface area contributed by atoms with E-state index in [-0.39, 0.29) is 16.8 Å². The maximum absolute atomic E-state index is 11.9. The summed E-state index contributed by atoms with van der Waals surface area (Å²) >= 11 is 5.07. The molecule has 2 aromatic carbocycles. The first kappa shape index (κ1) is 17.5. The molecule has 0 aliphatic rings. The van der Waals surface area contributed by atoms with E-state index in [2.05, 4.69) is 10.6 Å². The monoisotopic (exact) mass is 342 g/mol. The summed E-state index contributed by atoms with van der Waals surface area (Å²) < 4.78 is 5.36. The van der Waals surface area contributed by atoms with Crippen molar-refractivity contribution in [3.63, 3.8) is 0 Å². The quantitative estimate of drug-likeness (QED) is 0.442. The van der Waals surface area contributed by atoms with Crippen LogP contribution in [-0.2, 0) is 4.79 Å². The molecule has 0 atom stereocenters. The van der Waals surface area contributed by atoms with Crippen molar-refractivity contribution in [1.82, 2.24) is 5.32 Å². The molecule has 0 unspecified atom stereocenters. The Morgan fingerprint density at radius 1 is 1.17 bits per heavy atom. The molecule has 0 aliphatic carbocycles. The number of benzene rings is 2. The molecule has 2 rings (SSSR count). The number of carbonyl (C=O) groups is 1. The smallest absolute Gasteiger partial charge is 0.250 e. The van der Waals surface area contributed by atoms with Crippen LogP contribution in [0, 0.1) is 0 Å². The van der Waals surface area contributed by atoms with Gasteiger partial charge in [-0.25, -0.2) is 0 Å². The van der Waals surface area contributed by atoms with E-state index < -0.39 is 0 Å². The molecule has 5 nitrogen and oxygen atoms in total. The van der Waals surface area contributed by atoms with E-state index in [9.17, 15) is 9.90 Å². The number of anilines is 1. The summed E-state index contributed by atoms with van der Waals surface area (Å²) in [6.45, 7) is 2.54. The Hall–Kier alpha value is -2.86. The fourth-order valence-electron chi connectivity index (χ4n) is 1.87. The number of hydrogen-bond acceptors (Lipinski definition) is 4. The molecule has 124 valence electrons. The number of amides is 1. The van der Waals surface area contributed by atoms with Crippen LogP contribution in [0.5, 0.6) is 11.5 Å². The van der Waals surface area contributed by atoms with Gasteiger partial charge in [0, 0.05) is 11.8 Å². The third-order valence-electron chi connectivity index (χ3n) is 2.98. The molecule has 0 fully saturated rings. The zero-order chi connectivity index (χ0) is 17.4. The molecule has 3 N–H and O–H groups in total. The largest absolute Gasteiger partial charge is 0.508 e. The number of nitrogens with one attached hydrogen (secondary N) is 2. The van der Waals surface area contributed by atoms with Crippen LogP contribution in [0.4, 0.5) is 5.69 Å². The lowest BCUT2D eigenvalue weighted by atomic mass is 10.2. The van der Waals surface area contributed by atoms with Gasteiger partial charge in [0.2, 0.25) is 5.91 Å². The third kappa shape index (κ3) is 5.73. The summed E-state index contributed by atoms with van der Waals surface area (Å²) in [6.07, 6.45) is 3.09. The molecule has 0 aliphatic heterocycles. The number of ether oxygens (including phenoxy) is 1. The first-order chi connectivity index (χ1) is 11.6. The average molecular weight is 342 g/mol. The summed E-state index contributed by atoms with van der Waals surface area (Å²) in [7, 11) is 0. The second kappa shape index (κ2) is 8.69. The fourth-order valence-corrected chi connectivity index (χ4v) is 2.09. The van der Waals surface area contributed by atoms with Gasteiger partial charge in [0.05, 0.1) is 6.61 Å². The number of carbonyl (C=O) groups excluding carboxylic acids is 1. The van der Waals surface area contributed by atoms with Gasteiger partial charge >= 0.3 is 0 Å². The van der Waals surface area contributed by atoms with E-state index in [1.54, 1.807) is 18.2 Å². The summed E-state index contributed by atoms with van der Waals surface area (Å²) in [6, 6.07) is 13.8. The Morgan fingerprint density at radius 2 is 1.83 bits per heavy atom. The summed E-state index contributed by atoms with van der Waals surface area (Å²) in [5, 5.41) is 14.8. The van der Waals surface area contributed by atoms with Crippen LogP contribution in [0.2, 0.25) is 0 Å². The molecule has 6 heteroatoms. The molecule has 0 bridgehead atoms. The van der Waals surface area contributed by atoms with Gasteiger partial charge in [0.15, 0.2) is 5.11 Å². The van der Waals surface area contributed by atoms with Crippen LogP contribution in [-0.4, -0.2) is 22.7 Å². The van der Waals surface area contributed by atoms with Crippen molar-refractivity contribution in [2.45, 2.75) is 6.92 Å². The van der Waals surface area contributed by atoms with E-state index in [1.165, 1.54) is 18.2 Å². The molecule has 1 amide bonds. The molecular weight excluding hydrogens is 324 g/mol. The van der Waals surface area contributed by atoms with Crippen LogP contribution in [0.25, 0.3) is 6.08 Å². The van der Waals surface area contributed by atoms with Gasteiger partial charge < -0.3 is 15.2 Å². The highest BCUT2D eigenvalue weighted by atomic mass is 32.1. The molecule has 0 saturated carbocycles. The number of phenols is 1. The Bertz CT molecular complexity index is 725. The first-order valence-corrected chi connectivity index (χ1v) is 7.79. The lowest BCUT2D eigenvalue weighted by Gasteiger charge is -2.08. The number of hydrogen-bond donors (Lipinski definition) is 3. The van der Waals surface area contributed by atoms with Crippen molar-refractivity contribution in [3.8, 4) is 11.5 Å². The van der Waals surface area contributed by atoms with Gasteiger partial charge in [-0.15, -0.1) is 0 Å². The van der Waals surface area contributed by atoms with E-state index in [0.29, 0.717) is 12.3 Å². The SMILES string of the molecule is CCOc1ccc(/C=C/C(=O)NC(=S)Nc2ccc(O)cc2)cc1. The van der Waals surface area contributed by atoms with Gasteiger partial charge in [0.1, 0.15) is 11.5 Å². The van der Waals surface area contributed by atoms with Gasteiger partial charge in [-0.05, 0) is 67.2 Å². The molecule has 24 heavy (non-hydrogen) atoms. The van der Waals surface area contributed by atoms with Crippen molar-refractivity contribution in [2.24, 2.45) is 0 Å². The minimum Gasteiger partial charge on any atom is -0.508 e. The standard InChI is InChI=1S/C18H18N2O3S/c1-2-23-16-10-3-13(4-11-16)5-12-17(22)20-18(24)19-14-6-8-15(21)9-7-14/h3-12,21H,2H2,1H3,(H2,19,20,22,24)/b12-5+. The van der Waals surface area contributed by atoms with Crippen LogP contribution >= 0.6 is 12.2 Å². The maximum Gasteiger partial charge on any atom is 0.250 e. The van der Waals surface area contributed by atoms with Crippen LogP contribution in [0.15, 0.2) is 54.6 Å². The Kier molecular flexibility index (Phi) is 6.33. The van der Waals surface area contributed by atoms with Crippen LogP contribution in [0.3, 0.4) is 0 Å². The lowest BCUT2D eigenvalue weighted by Crippen LogP contribution is -2.32. The highest BCUT2D eigenvalue weighted by Crippen LogP contribution is 2.14. The molecule has 0 radical (unpaired) electrons. The highest BCUT2D eigenvalue weighted by Gasteiger charge is 2.02. The molecule has 2 aromatic rings. The van der Waals surface area contributed by atoms with E-state index in [1.807, 2.05) is 31.2 Å². The zero-order valence-corrected chi connectivity index (χ0v) is 14.0. The van der Waals surface area contributed by atoms with Crippen molar-refractivity contribution >= 4 is 35.0 Å². The molecule has 0 heterocycles. The van der Waals surface area contributed by atoms with Gasteiger partial charge in [-0.2, -0.15) is 0 Å². The Morgan fingerprint density at radius 3 is 2.46 bits per heavy atom. The summed E-state index contributed by atoms with van der Waals surface area (Å²) in [4.78, 5) is 11.9. The average Bonchev–Trinajstić information content (AvgIpc) is 2.56. The Balaban J connectivity index is 1.85. The Labute approximate surface area is 146 Å². The van der Waals surface area contributed by atoms with Crippen molar-refractivity contribution in [3.05, 3.63) is 60.2 Å². The normalized spacial score (nSPS) is 10.4. The van der Waals surface area contributed by atoms with Crippen LogP contribution in [0.1, 0.15) is 12.5 Å². The van der Waals surface area contributed by atoms with Gasteiger partial charge in [0.25, 0.3) is 0 Å². The summed E-state index contributed by atoms with van der Waals surface area (Å²) in [5.74, 6) is 0.618. The van der Waals surface area contributed by atoms with Gasteiger partial charge in [-0.1, -0.05) is 12.1 Å².